The maximum atomic E-state index is 12.9. The van der Waals surface area contributed by atoms with E-state index in [-0.39, 0.29) is 29.9 Å². The third-order valence-electron chi connectivity index (χ3n) is 7.94. The summed E-state index contributed by atoms with van der Waals surface area (Å²) in [6, 6.07) is 14.3. The Morgan fingerprint density at radius 3 is 2.57 bits per heavy atom. The van der Waals surface area contributed by atoms with Crippen LogP contribution in [0.25, 0.3) is 0 Å². The first kappa shape index (κ1) is 25.7. The van der Waals surface area contributed by atoms with Gasteiger partial charge in [-0.05, 0) is 99.0 Å². The van der Waals surface area contributed by atoms with Crippen LogP contribution in [0, 0.1) is 5.92 Å². The van der Waals surface area contributed by atoms with Crippen LogP contribution in [0.4, 0.5) is 0 Å². The van der Waals surface area contributed by atoms with E-state index in [1.165, 1.54) is 23.8 Å². The first-order chi connectivity index (χ1) is 18.1. The molecule has 3 aliphatic rings. The number of nitrogens with zero attached hydrogens (tertiary/aromatic N) is 1. The molecule has 2 saturated heterocycles. The number of piperidine rings is 1. The second-order valence-corrected chi connectivity index (χ2v) is 10.6. The van der Waals surface area contributed by atoms with Gasteiger partial charge in [0.05, 0.1) is 19.1 Å². The zero-order valence-electron chi connectivity index (χ0n) is 21.7. The van der Waals surface area contributed by atoms with Crippen molar-refractivity contribution in [3.05, 3.63) is 64.7 Å². The smallest absolute Gasteiger partial charge is 0.308 e. The maximum absolute atomic E-state index is 12.9. The molecule has 0 spiro atoms. The molecule has 7 nitrogen and oxygen atoms in total. The molecule has 0 unspecified atom stereocenters. The van der Waals surface area contributed by atoms with Crippen molar-refractivity contribution in [1.82, 2.24) is 10.2 Å². The third kappa shape index (κ3) is 6.70. The van der Waals surface area contributed by atoms with Gasteiger partial charge in [-0.15, -0.1) is 0 Å². The van der Waals surface area contributed by atoms with Crippen molar-refractivity contribution in [2.45, 2.75) is 63.6 Å². The molecule has 1 aliphatic carbocycles. The molecule has 1 amide bonds. The van der Waals surface area contributed by atoms with Crippen LogP contribution in [-0.2, 0) is 33.7 Å². The normalized spacial score (nSPS) is 22.3. The number of esters is 1. The highest BCUT2D eigenvalue weighted by Crippen LogP contribution is 2.26. The lowest BCUT2D eigenvalue weighted by molar-refractivity contribution is -0.147. The Hall–Kier alpha value is -2.90. The van der Waals surface area contributed by atoms with E-state index >= 15 is 0 Å². The highest BCUT2D eigenvalue weighted by atomic mass is 16.5. The number of methoxy groups -OCH3 is 1. The molecule has 1 N–H and O–H groups in total. The number of ether oxygens (including phenoxy) is 3. The van der Waals surface area contributed by atoms with Gasteiger partial charge in [-0.1, -0.05) is 18.2 Å². The molecule has 198 valence electrons. The van der Waals surface area contributed by atoms with Crippen LogP contribution in [0.1, 0.15) is 59.2 Å². The monoisotopic (exact) mass is 506 g/mol. The van der Waals surface area contributed by atoms with Crippen molar-refractivity contribution in [2.75, 3.05) is 33.4 Å². The van der Waals surface area contributed by atoms with Crippen molar-refractivity contribution in [3.8, 4) is 5.75 Å². The van der Waals surface area contributed by atoms with Gasteiger partial charge in [0.15, 0.2) is 0 Å². The van der Waals surface area contributed by atoms with Crippen molar-refractivity contribution >= 4 is 11.9 Å². The van der Waals surface area contributed by atoms with Gasteiger partial charge in [-0.25, -0.2) is 0 Å². The second-order valence-electron chi connectivity index (χ2n) is 10.6. The Kier molecular flexibility index (Phi) is 8.41. The van der Waals surface area contributed by atoms with Crippen molar-refractivity contribution < 1.29 is 23.8 Å². The Balaban J connectivity index is 1.09. The largest absolute Gasteiger partial charge is 0.491 e. The summed E-state index contributed by atoms with van der Waals surface area (Å²) in [4.78, 5) is 27.0. The summed E-state index contributed by atoms with van der Waals surface area (Å²) >= 11 is 0. The maximum Gasteiger partial charge on any atom is 0.308 e. The van der Waals surface area contributed by atoms with E-state index in [4.69, 9.17) is 14.2 Å². The van der Waals surface area contributed by atoms with Crippen LogP contribution < -0.4 is 10.1 Å². The Bertz CT molecular complexity index is 1070. The van der Waals surface area contributed by atoms with Gasteiger partial charge < -0.3 is 19.5 Å². The molecule has 5 rings (SSSR count). The van der Waals surface area contributed by atoms with E-state index in [0.717, 1.165) is 76.9 Å². The molecule has 0 bridgehead atoms. The minimum atomic E-state index is -0.0776. The van der Waals surface area contributed by atoms with Crippen LogP contribution in [0.3, 0.4) is 0 Å². The summed E-state index contributed by atoms with van der Waals surface area (Å²) in [7, 11) is 1.47. The van der Waals surface area contributed by atoms with Gasteiger partial charge in [-0.2, -0.15) is 0 Å². The summed E-state index contributed by atoms with van der Waals surface area (Å²) in [5, 5.41) is 3.22. The molecule has 2 aromatic rings. The second kappa shape index (κ2) is 12.1. The van der Waals surface area contributed by atoms with Crippen LogP contribution in [0.15, 0.2) is 42.5 Å². The van der Waals surface area contributed by atoms with Gasteiger partial charge in [0.2, 0.25) is 0 Å². The molecule has 7 heteroatoms. The summed E-state index contributed by atoms with van der Waals surface area (Å²) in [6.45, 7) is 4.13. The van der Waals surface area contributed by atoms with Crippen LogP contribution in [0.2, 0.25) is 0 Å². The highest BCUT2D eigenvalue weighted by molar-refractivity contribution is 5.94. The summed E-state index contributed by atoms with van der Waals surface area (Å²) in [6.07, 6.45) is 6.81. The van der Waals surface area contributed by atoms with Crippen molar-refractivity contribution in [3.63, 3.8) is 0 Å². The van der Waals surface area contributed by atoms with Crippen LogP contribution >= 0.6 is 0 Å². The lowest BCUT2D eigenvalue weighted by Gasteiger charge is -2.31. The van der Waals surface area contributed by atoms with E-state index in [0.29, 0.717) is 12.2 Å². The van der Waals surface area contributed by atoms with E-state index in [9.17, 15) is 9.59 Å². The van der Waals surface area contributed by atoms with E-state index in [1.54, 1.807) is 0 Å². The molecule has 2 heterocycles. The summed E-state index contributed by atoms with van der Waals surface area (Å²) < 4.78 is 16.3. The minimum Gasteiger partial charge on any atom is -0.491 e. The van der Waals surface area contributed by atoms with Gasteiger partial charge in [0, 0.05) is 24.8 Å². The molecule has 2 atom stereocenters. The average Bonchev–Trinajstić information content (AvgIpc) is 3.46. The van der Waals surface area contributed by atoms with Gasteiger partial charge in [0.25, 0.3) is 5.91 Å². The first-order valence-electron chi connectivity index (χ1n) is 13.6. The highest BCUT2D eigenvalue weighted by Gasteiger charge is 2.26. The molecule has 0 saturated carbocycles. The number of carbonyl (C=O) groups is 2. The number of hydrogen-bond acceptors (Lipinski definition) is 6. The number of nitrogens with one attached hydrogen (secondary N) is 1. The molecule has 0 aromatic heterocycles. The molecule has 2 aromatic carbocycles. The predicted molar refractivity (Wildman–Crippen MR) is 141 cm³/mol. The van der Waals surface area contributed by atoms with Crippen LogP contribution in [0.5, 0.6) is 5.75 Å². The lowest BCUT2D eigenvalue weighted by atomic mass is 9.87. The number of benzene rings is 2. The summed E-state index contributed by atoms with van der Waals surface area (Å²) in [5.41, 5.74) is 4.68. The standard InChI is InChI=1S/C30H38N2O5/c1-35-30(34)23-12-14-32(15-13-23)19-21-4-5-25-18-26(9-6-24(25)17-21)31-29(33)22-7-10-27(11-8-22)37-20-28-3-2-16-36-28/h4-5,7-8,10-11,17,23,26,28H,2-3,6,9,12-16,18-20H2,1H3,(H,31,33)/t26-,28-/m0/s1. The molecule has 37 heavy (non-hydrogen) atoms. The number of fused-ring (bicyclic) bond motifs is 1. The quantitative estimate of drug-likeness (QED) is 0.547. The zero-order chi connectivity index (χ0) is 25.6. The topological polar surface area (TPSA) is 77.1 Å². The molecular formula is C30H38N2O5. The fraction of sp³-hybridized carbons (Fsp3) is 0.533. The predicted octanol–water partition coefficient (Wildman–Crippen LogP) is 3.92. The average molecular weight is 507 g/mol. The Morgan fingerprint density at radius 2 is 1.84 bits per heavy atom. The number of rotatable bonds is 8. The van der Waals surface area contributed by atoms with Gasteiger partial charge in [0.1, 0.15) is 12.4 Å². The Labute approximate surface area is 219 Å². The molecular weight excluding hydrogens is 468 g/mol. The lowest BCUT2D eigenvalue weighted by Crippen LogP contribution is -2.39. The molecule has 2 aliphatic heterocycles. The zero-order valence-corrected chi connectivity index (χ0v) is 21.7. The fourth-order valence-electron chi connectivity index (χ4n) is 5.72. The number of carbonyl (C=O) groups excluding carboxylic acids is 2. The van der Waals surface area contributed by atoms with Gasteiger partial charge >= 0.3 is 5.97 Å². The van der Waals surface area contributed by atoms with E-state index in [1.807, 2.05) is 24.3 Å². The molecule has 0 radical (unpaired) electrons. The number of likely N-dealkylation sites (tertiary alicyclic amines) is 1. The fourth-order valence-corrected chi connectivity index (χ4v) is 5.72. The molecule has 2 fully saturated rings. The minimum absolute atomic E-state index is 0.0360. The number of hydrogen-bond donors (Lipinski definition) is 1. The third-order valence-corrected chi connectivity index (χ3v) is 7.94. The number of amides is 1. The summed E-state index contributed by atoms with van der Waals surface area (Å²) in [5.74, 6) is 0.694. The SMILES string of the molecule is COC(=O)C1CCN(Cc2ccc3c(c2)CC[C@H](NC(=O)c2ccc(OC[C@@H]4CCCO4)cc2)C3)CC1. The van der Waals surface area contributed by atoms with Crippen LogP contribution in [-0.4, -0.2) is 62.3 Å². The van der Waals surface area contributed by atoms with E-state index < -0.39 is 0 Å². The first-order valence-corrected chi connectivity index (χ1v) is 13.6. The van der Waals surface area contributed by atoms with Crippen molar-refractivity contribution in [2.24, 2.45) is 5.92 Å². The van der Waals surface area contributed by atoms with E-state index in [2.05, 4.69) is 28.4 Å². The Morgan fingerprint density at radius 1 is 1.03 bits per heavy atom. The van der Waals surface area contributed by atoms with Crippen molar-refractivity contribution in [1.29, 1.82) is 0 Å². The van der Waals surface area contributed by atoms with Gasteiger partial charge in [-0.3, -0.25) is 14.5 Å². The number of aryl methyl sites for hydroxylation is 1.